The Morgan fingerprint density at radius 1 is 1.18 bits per heavy atom. The first-order chi connectivity index (χ1) is 13.6. The molecule has 2 aromatic rings. The van der Waals surface area contributed by atoms with Crippen LogP contribution in [0.3, 0.4) is 0 Å². The highest BCUT2D eigenvalue weighted by Crippen LogP contribution is 2.27. The number of benzene rings is 2. The summed E-state index contributed by atoms with van der Waals surface area (Å²) in [6.07, 6.45) is 0. The lowest BCUT2D eigenvalue weighted by atomic mass is 10.0. The number of nitrogens with two attached hydrogens (primary N) is 1. The van der Waals surface area contributed by atoms with Crippen molar-refractivity contribution in [1.82, 2.24) is 10.2 Å². The van der Waals surface area contributed by atoms with Crippen LogP contribution < -0.4 is 15.8 Å². The average Bonchev–Trinajstić information content (AvgIpc) is 2.72. The molecule has 0 aliphatic carbocycles. The second kappa shape index (κ2) is 10.4. The number of hydrogen-bond donors (Lipinski definition) is 2. The molecular formula is C21H26ClN3O3. The molecule has 1 fully saturated rings. The summed E-state index contributed by atoms with van der Waals surface area (Å²) in [5.74, 6) is 0.143. The molecule has 1 saturated heterocycles. The SMILES string of the molecule is NC(=O)COc1ccc(CNC[C@@H](c2ccccc2Cl)N2CCOCC2)cc1. The summed E-state index contributed by atoms with van der Waals surface area (Å²) in [4.78, 5) is 13.2. The number of primary amides is 1. The fraction of sp³-hybridized carbons (Fsp3) is 0.381. The van der Waals surface area contributed by atoms with Crippen LogP contribution in [0.4, 0.5) is 0 Å². The van der Waals surface area contributed by atoms with E-state index in [4.69, 9.17) is 26.8 Å². The Kier molecular flexibility index (Phi) is 7.68. The molecule has 0 radical (unpaired) electrons. The van der Waals surface area contributed by atoms with Gasteiger partial charge in [0.05, 0.1) is 13.2 Å². The summed E-state index contributed by atoms with van der Waals surface area (Å²) in [6, 6.07) is 15.8. The van der Waals surface area contributed by atoms with E-state index in [0.29, 0.717) is 5.75 Å². The van der Waals surface area contributed by atoms with Gasteiger partial charge in [-0.3, -0.25) is 9.69 Å². The third-order valence-corrected chi connectivity index (χ3v) is 5.07. The molecule has 7 heteroatoms. The van der Waals surface area contributed by atoms with Crippen molar-refractivity contribution in [3.05, 3.63) is 64.7 Å². The van der Waals surface area contributed by atoms with Crippen LogP contribution >= 0.6 is 11.6 Å². The monoisotopic (exact) mass is 403 g/mol. The molecule has 0 aromatic heterocycles. The van der Waals surface area contributed by atoms with Gasteiger partial charge in [0.15, 0.2) is 6.61 Å². The smallest absolute Gasteiger partial charge is 0.255 e. The second-order valence-corrected chi connectivity index (χ2v) is 7.12. The lowest BCUT2D eigenvalue weighted by molar-refractivity contribution is -0.119. The Bertz CT molecular complexity index is 764. The standard InChI is InChI=1S/C21H26ClN3O3/c22-19-4-2-1-3-18(19)20(25-9-11-27-12-10-25)14-24-13-16-5-7-17(8-6-16)28-15-21(23)26/h1-8,20,24H,9-15H2,(H2,23,26)/t20-/m0/s1. The van der Waals surface area contributed by atoms with E-state index < -0.39 is 5.91 Å². The van der Waals surface area contributed by atoms with Crippen LogP contribution in [0, 0.1) is 0 Å². The predicted octanol–water partition coefficient (Wildman–Crippen LogP) is 2.37. The second-order valence-electron chi connectivity index (χ2n) is 6.72. The number of rotatable bonds is 9. The van der Waals surface area contributed by atoms with Crippen molar-refractivity contribution in [2.45, 2.75) is 12.6 Å². The maximum atomic E-state index is 10.8. The molecule has 0 bridgehead atoms. The maximum absolute atomic E-state index is 10.8. The molecule has 0 spiro atoms. The minimum absolute atomic E-state index is 0.114. The first kappa shape index (κ1) is 20.6. The number of carbonyl (C=O) groups is 1. The summed E-state index contributed by atoms with van der Waals surface area (Å²) in [7, 11) is 0. The molecule has 0 unspecified atom stereocenters. The molecule has 3 rings (SSSR count). The Labute approximate surface area is 170 Å². The van der Waals surface area contributed by atoms with Crippen molar-refractivity contribution in [2.24, 2.45) is 5.73 Å². The molecule has 6 nitrogen and oxygen atoms in total. The van der Waals surface area contributed by atoms with Crippen LogP contribution in [0.25, 0.3) is 0 Å². The Hall–Kier alpha value is -2.12. The highest BCUT2D eigenvalue weighted by Gasteiger charge is 2.23. The van der Waals surface area contributed by atoms with E-state index in [1.165, 1.54) is 0 Å². The van der Waals surface area contributed by atoms with Crippen molar-refractivity contribution >= 4 is 17.5 Å². The Balaban J connectivity index is 1.59. The molecular weight excluding hydrogens is 378 g/mol. The zero-order valence-electron chi connectivity index (χ0n) is 15.8. The number of halogens is 1. The summed E-state index contributed by atoms with van der Waals surface area (Å²) in [6.45, 7) is 4.66. The third-order valence-electron chi connectivity index (χ3n) is 4.72. The molecule has 28 heavy (non-hydrogen) atoms. The number of amides is 1. The fourth-order valence-corrected chi connectivity index (χ4v) is 3.54. The topological polar surface area (TPSA) is 76.8 Å². The normalized spacial score (nSPS) is 15.9. The predicted molar refractivity (Wildman–Crippen MR) is 109 cm³/mol. The van der Waals surface area contributed by atoms with Gasteiger partial charge in [-0.2, -0.15) is 0 Å². The largest absolute Gasteiger partial charge is 0.484 e. The van der Waals surface area contributed by atoms with Crippen molar-refractivity contribution in [1.29, 1.82) is 0 Å². The Morgan fingerprint density at radius 2 is 1.89 bits per heavy atom. The van der Waals surface area contributed by atoms with Gasteiger partial charge in [-0.1, -0.05) is 41.9 Å². The quantitative estimate of drug-likeness (QED) is 0.672. The van der Waals surface area contributed by atoms with Crippen molar-refractivity contribution in [3.63, 3.8) is 0 Å². The summed E-state index contributed by atoms with van der Waals surface area (Å²) in [5, 5.41) is 4.33. The first-order valence-corrected chi connectivity index (χ1v) is 9.78. The van der Waals surface area contributed by atoms with E-state index in [1.807, 2.05) is 42.5 Å². The minimum atomic E-state index is -0.487. The highest BCUT2D eigenvalue weighted by atomic mass is 35.5. The van der Waals surface area contributed by atoms with E-state index in [9.17, 15) is 4.79 Å². The van der Waals surface area contributed by atoms with Gasteiger partial charge in [-0.05, 0) is 29.3 Å². The number of ether oxygens (including phenoxy) is 2. The van der Waals surface area contributed by atoms with Gasteiger partial charge in [-0.15, -0.1) is 0 Å². The van der Waals surface area contributed by atoms with Crippen LogP contribution in [0.2, 0.25) is 5.02 Å². The van der Waals surface area contributed by atoms with Crippen LogP contribution in [0.15, 0.2) is 48.5 Å². The minimum Gasteiger partial charge on any atom is -0.484 e. The van der Waals surface area contributed by atoms with Gasteiger partial charge < -0.3 is 20.5 Å². The molecule has 150 valence electrons. The number of nitrogens with one attached hydrogen (secondary N) is 1. The van der Waals surface area contributed by atoms with Crippen LogP contribution in [0.5, 0.6) is 5.75 Å². The molecule has 3 N–H and O–H groups in total. The van der Waals surface area contributed by atoms with Gasteiger partial charge in [0.1, 0.15) is 5.75 Å². The van der Waals surface area contributed by atoms with Crippen molar-refractivity contribution in [3.8, 4) is 5.75 Å². The fourth-order valence-electron chi connectivity index (χ4n) is 3.28. The third kappa shape index (κ3) is 5.94. The van der Waals surface area contributed by atoms with Gasteiger partial charge in [-0.25, -0.2) is 0 Å². The lowest BCUT2D eigenvalue weighted by Gasteiger charge is -2.35. The maximum Gasteiger partial charge on any atom is 0.255 e. The van der Waals surface area contributed by atoms with E-state index in [-0.39, 0.29) is 12.6 Å². The molecule has 1 aliphatic heterocycles. The van der Waals surface area contributed by atoms with Gasteiger partial charge in [0, 0.05) is 37.2 Å². The molecule has 1 aliphatic rings. The highest BCUT2D eigenvalue weighted by molar-refractivity contribution is 6.31. The molecule has 1 amide bonds. The summed E-state index contributed by atoms with van der Waals surface area (Å²) in [5.41, 5.74) is 7.35. The number of morpholine rings is 1. The van der Waals surface area contributed by atoms with E-state index in [1.54, 1.807) is 0 Å². The van der Waals surface area contributed by atoms with E-state index >= 15 is 0 Å². The zero-order valence-corrected chi connectivity index (χ0v) is 16.5. The average molecular weight is 404 g/mol. The van der Waals surface area contributed by atoms with Crippen molar-refractivity contribution < 1.29 is 14.3 Å². The zero-order chi connectivity index (χ0) is 19.8. The molecule has 0 saturated carbocycles. The van der Waals surface area contributed by atoms with Crippen LogP contribution in [-0.4, -0.2) is 50.3 Å². The van der Waals surface area contributed by atoms with E-state index in [0.717, 1.165) is 55.5 Å². The Morgan fingerprint density at radius 3 is 2.57 bits per heavy atom. The van der Waals surface area contributed by atoms with E-state index in [2.05, 4.69) is 16.3 Å². The summed E-state index contributed by atoms with van der Waals surface area (Å²) < 4.78 is 10.8. The number of hydrogen-bond acceptors (Lipinski definition) is 5. The molecule has 2 aromatic carbocycles. The number of nitrogens with zero attached hydrogens (tertiary/aromatic N) is 1. The molecule has 1 atom stereocenters. The van der Waals surface area contributed by atoms with Crippen LogP contribution in [-0.2, 0) is 16.1 Å². The number of carbonyl (C=O) groups excluding carboxylic acids is 1. The van der Waals surface area contributed by atoms with Gasteiger partial charge in [0.25, 0.3) is 5.91 Å². The van der Waals surface area contributed by atoms with Crippen LogP contribution in [0.1, 0.15) is 17.2 Å². The summed E-state index contributed by atoms with van der Waals surface area (Å²) >= 11 is 6.47. The first-order valence-electron chi connectivity index (χ1n) is 9.40. The van der Waals surface area contributed by atoms with Crippen molar-refractivity contribution in [2.75, 3.05) is 39.5 Å². The van der Waals surface area contributed by atoms with Gasteiger partial charge >= 0.3 is 0 Å². The lowest BCUT2D eigenvalue weighted by Crippen LogP contribution is -2.42. The van der Waals surface area contributed by atoms with Gasteiger partial charge in [0.2, 0.25) is 0 Å². The molecule has 1 heterocycles.